The SMILES string of the molecule is S=C(NC[C@@H]1COc2ccccc2O1)Nc1ccccc1. The minimum Gasteiger partial charge on any atom is -0.486 e. The molecule has 0 radical (unpaired) electrons. The molecule has 108 valence electrons. The van der Waals surface area contributed by atoms with E-state index < -0.39 is 0 Å². The first-order valence-corrected chi connectivity index (χ1v) is 7.20. The molecule has 2 N–H and O–H groups in total. The van der Waals surface area contributed by atoms with E-state index in [9.17, 15) is 0 Å². The Morgan fingerprint density at radius 2 is 1.76 bits per heavy atom. The minimum absolute atomic E-state index is 0.0598. The lowest BCUT2D eigenvalue weighted by Gasteiger charge is -2.26. The lowest BCUT2D eigenvalue weighted by atomic mass is 10.2. The second-order valence-electron chi connectivity index (χ2n) is 4.70. The summed E-state index contributed by atoms with van der Waals surface area (Å²) in [6, 6.07) is 17.5. The van der Waals surface area contributed by atoms with Crippen LogP contribution in [-0.4, -0.2) is 24.4 Å². The Labute approximate surface area is 129 Å². The largest absolute Gasteiger partial charge is 0.486 e. The Hall–Kier alpha value is -2.27. The van der Waals surface area contributed by atoms with Gasteiger partial charge in [0, 0.05) is 5.69 Å². The van der Waals surface area contributed by atoms with Gasteiger partial charge in [-0.2, -0.15) is 0 Å². The molecule has 5 heteroatoms. The van der Waals surface area contributed by atoms with Crippen molar-refractivity contribution in [2.45, 2.75) is 6.10 Å². The molecule has 0 amide bonds. The second kappa shape index (κ2) is 6.45. The van der Waals surface area contributed by atoms with Crippen molar-refractivity contribution in [2.75, 3.05) is 18.5 Å². The maximum Gasteiger partial charge on any atom is 0.170 e. The van der Waals surface area contributed by atoms with Gasteiger partial charge in [-0.05, 0) is 36.5 Å². The number of para-hydroxylation sites is 3. The average molecular weight is 300 g/mol. The summed E-state index contributed by atoms with van der Waals surface area (Å²) in [5, 5.41) is 6.84. The molecule has 2 aromatic carbocycles. The molecule has 1 heterocycles. The third kappa shape index (κ3) is 3.64. The molecule has 0 spiro atoms. The number of hydrogen-bond acceptors (Lipinski definition) is 3. The standard InChI is InChI=1S/C16H16N2O2S/c21-16(18-12-6-2-1-3-7-12)17-10-13-11-19-14-8-4-5-9-15(14)20-13/h1-9,13H,10-11H2,(H2,17,18,21)/t13-/m1/s1. The molecule has 0 fully saturated rings. The van der Waals surface area contributed by atoms with Crippen LogP contribution in [0.3, 0.4) is 0 Å². The van der Waals surface area contributed by atoms with E-state index in [2.05, 4.69) is 10.6 Å². The number of benzene rings is 2. The first kappa shape index (κ1) is 13.7. The van der Waals surface area contributed by atoms with Crippen molar-refractivity contribution >= 4 is 23.0 Å². The lowest BCUT2D eigenvalue weighted by molar-refractivity contribution is 0.0939. The molecule has 21 heavy (non-hydrogen) atoms. The van der Waals surface area contributed by atoms with Crippen LogP contribution in [0.25, 0.3) is 0 Å². The van der Waals surface area contributed by atoms with E-state index in [1.165, 1.54) is 0 Å². The fraction of sp³-hybridized carbons (Fsp3) is 0.188. The maximum absolute atomic E-state index is 5.86. The predicted octanol–water partition coefficient (Wildman–Crippen LogP) is 2.81. The Balaban J connectivity index is 1.49. The summed E-state index contributed by atoms with van der Waals surface area (Å²) in [5.74, 6) is 1.57. The Morgan fingerprint density at radius 1 is 1.05 bits per heavy atom. The van der Waals surface area contributed by atoms with Crippen molar-refractivity contribution < 1.29 is 9.47 Å². The molecule has 0 saturated carbocycles. The number of thiocarbonyl (C=S) groups is 1. The topological polar surface area (TPSA) is 42.5 Å². The Kier molecular flexibility index (Phi) is 4.21. The fourth-order valence-electron chi connectivity index (χ4n) is 2.07. The van der Waals surface area contributed by atoms with Crippen molar-refractivity contribution in [1.82, 2.24) is 5.32 Å². The Morgan fingerprint density at radius 3 is 2.57 bits per heavy atom. The molecule has 1 aliphatic rings. The molecule has 0 bridgehead atoms. The maximum atomic E-state index is 5.86. The van der Waals surface area contributed by atoms with Crippen molar-refractivity contribution in [3.8, 4) is 11.5 Å². The highest BCUT2D eigenvalue weighted by Crippen LogP contribution is 2.30. The molecule has 0 saturated heterocycles. The fourth-order valence-corrected chi connectivity index (χ4v) is 2.27. The van der Waals surface area contributed by atoms with Gasteiger partial charge in [0.05, 0.1) is 6.54 Å². The zero-order chi connectivity index (χ0) is 14.5. The second-order valence-corrected chi connectivity index (χ2v) is 5.11. The quantitative estimate of drug-likeness (QED) is 0.853. The molecule has 0 aromatic heterocycles. The summed E-state index contributed by atoms with van der Waals surface area (Å²) in [6.07, 6.45) is -0.0598. The summed E-state index contributed by atoms with van der Waals surface area (Å²) in [6.45, 7) is 1.10. The van der Waals surface area contributed by atoms with E-state index in [1.54, 1.807) is 0 Å². The highest BCUT2D eigenvalue weighted by atomic mass is 32.1. The zero-order valence-electron chi connectivity index (χ0n) is 11.4. The number of ether oxygens (including phenoxy) is 2. The van der Waals surface area contributed by atoms with Gasteiger partial charge in [0.25, 0.3) is 0 Å². The summed E-state index contributed by atoms with van der Waals surface area (Å²) >= 11 is 5.26. The van der Waals surface area contributed by atoms with Crippen LogP contribution in [0.5, 0.6) is 11.5 Å². The van der Waals surface area contributed by atoms with Crippen molar-refractivity contribution in [3.63, 3.8) is 0 Å². The van der Waals surface area contributed by atoms with Crippen LogP contribution in [-0.2, 0) is 0 Å². The molecule has 4 nitrogen and oxygen atoms in total. The number of nitrogens with one attached hydrogen (secondary N) is 2. The highest BCUT2D eigenvalue weighted by molar-refractivity contribution is 7.80. The van der Waals surface area contributed by atoms with Crippen LogP contribution in [0.2, 0.25) is 0 Å². The van der Waals surface area contributed by atoms with Gasteiger partial charge in [0.1, 0.15) is 12.7 Å². The first-order valence-electron chi connectivity index (χ1n) is 6.79. The molecule has 1 aliphatic heterocycles. The van der Waals surface area contributed by atoms with Gasteiger partial charge in [-0.3, -0.25) is 0 Å². The Bertz CT molecular complexity index is 619. The highest BCUT2D eigenvalue weighted by Gasteiger charge is 2.20. The monoisotopic (exact) mass is 300 g/mol. The van der Waals surface area contributed by atoms with Gasteiger partial charge in [-0.15, -0.1) is 0 Å². The normalized spacial score (nSPS) is 16.1. The van der Waals surface area contributed by atoms with Gasteiger partial charge in [0.2, 0.25) is 0 Å². The van der Waals surface area contributed by atoms with Crippen LogP contribution in [0.15, 0.2) is 54.6 Å². The van der Waals surface area contributed by atoms with E-state index in [1.807, 2.05) is 54.6 Å². The van der Waals surface area contributed by atoms with Crippen molar-refractivity contribution in [2.24, 2.45) is 0 Å². The van der Waals surface area contributed by atoms with Crippen LogP contribution in [0.1, 0.15) is 0 Å². The summed E-state index contributed by atoms with van der Waals surface area (Å²) in [5.41, 5.74) is 0.959. The first-order chi connectivity index (χ1) is 10.3. The summed E-state index contributed by atoms with van der Waals surface area (Å²) < 4.78 is 11.5. The number of anilines is 1. The smallest absolute Gasteiger partial charge is 0.170 e. The van der Waals surface area contributed by atoms with Crippen LogP contribution in [0, 0.1) is 0 Å². The molecule has 3 rings (SSSR count). The van der Waals surface area contributed by atoms with Gasteiger partial charge < -0.3 is 20.1 Å². The van der Waals surface area contributed by atoms with Crippen molar-refractivity contribution in [3.05, 3.63) is 54.6 Å². The van der Waals surface area contributed by atoms with Gasteiger partial charge in [-0.25, -0.2) is 0 Å². The molecule has 1 atom stereocenters. The molecule has 0 aliphatic carbocycles. The van der Waals surface area contributed by atoms with Crippen LogP contribution >= 0.6 is 12.2 Å². The average Bonchev–Trinajstić information content (AvgIpc) is 2.54. The van der Waals surface area contributed by atoms with Gasteiger partial charge >= 0.3 is 0 Å². The summed E-state index contributed by atoms with van der Waals surface area (Å²) in [7, 11) is 0. The molecular weight excluding hydrogens is 284 g/mol. The van der Waals surface area contributed by atoms with Crippen LogP contribution in [0.4, 0.5) is 5.69 Å². The zero-order valence-corrected chi connectivity index (χ0v) is 12.2. The van der Waals surface area contributed by atoms with E-state index in [4.69, 9.17) is 21.7 Å². The molecule has 0 unspecified atom stereocenters. The number of hydrogen-bond donors (Lipinski definition) is 2. The third-order valence-corrected chi connectivity index (χ3v) is 3.34. The van der Waals surface area contributed by atoms with E-state index >= 15 is 0 Å². The van der Waals surface area contributed by atoms with Crippen molar-refractivity contribution in [1.29, 1.82) is 0 Å². The predicted molar refractivity (Wildman–Crippen MR) is 87.0 cm³/mol. The van der Waals surface area contributed by atoms with Gasteiger partial charge in [-0.1, -0.05) is 30.3 Å². The van der Waals surface area contributed by atoms with E-state index in [0.29, 0.717) is 18.3 Å². The number of fused-ring (bicyclic) bond motifs is 1. The number of rotatable bonds is 3. The van der Waals surface area contributed by atoms with Crippen LogP contribution < -0.4 is 20.1 Å². The molecule has 2 aromatic rings. The lowest BCUT2D eigenvalue weighted by Crippen LogP contribution is -2.42. The van der Waals surface area contributed by atoms with E-state index in [-0.39, 0.29) is 6.10 Å². The van der Waals surface area contributed by atoms with E-state index in [0.717, 1.165) is 17.2 Å². The minimum atomic E-state index is -0.0598. The third-order valence-electron chi connectivity index (χ3n) is 3.09. The summed E-state index contributed by atoms with van der Waals surface area (Å²) in [4.78, 5) is 0. The molecular formula is C16H16N2O2S. The van der Waals surface area contributed by atoms with Gasteiger partial charge in [0.15, 0.2) is 16.6 Å².